The standard InChI is InChI=1S/C26H26F2N2O2S/c1-32-24-23(29-25(31)18-9-14-33-16-18)19-6-2-3-7-20(19)26(24)10-12-30(13-11-26)15-17-5-4-8-21(27)22(17)28/h2-9,14,16,23-24H,10-13,15H2,1H3,(H,29,31)/t23-,24+/m1/s1. The van der Waals surface area contributed by atoms with Crippen LogP contribution in [0.2, 0.25) is 0 Å². The molecule has 172 valence electrons. The molecule has 1 N–H and O–H groups in total. The molecule has 2 atom stereocenters. The average Bonchev–Trinajstić information content (AvgIpc) is 3.45. The van der Waals surface area contributed by atoms with Crippen molar-refractivity contribution in [1.82, 2.24) is 10.2 Å². The van der Waals surface area contributed by atoms with Crippen molar-refractivity contribution in [2.24, 2.45) is 0 Å². The van der Waals surface area contributed by atoms with Crippen molar-refractivity contribution < 1.29 is 18.3 Å². The van der Waals surface area contributed by atoms with Crippen molar-refractivity contribution in [3.63, 3.8) is 0 Å². The van der Waals surface area contributed by atoms with Crippen molar-refractivity contribution in [2.75, 3.05) is 20.2 Å². The second-order valence-corrected chi connectivity index (χ2v) is 9.63. The number of benzene rings is 2. The number of thiophene rings is 1. The maximum Gasteiger partial charge on any atom is 0.252 e. The van der Waals surface area contributed by atoms with Gasteiger partial charge in [-0.25, -0.2) is 8.78 Å². The van der Waals surface area contributed by atoms with E-state index in [1.807, 2.05) is 29.0 Å². The van der Waals surface area contributed by atoms with Crippen molar-refractivity contribution in [1.29, 1.82) is 0 Å². The van der Waals surface area contributed by atoms with Crippen LogP contribution in [-0.2, 0) is 16.7 Å². The van der Waals surface area contributed by atoms with E-state index in [0.29, 0.717) is 17.7 Å². The van der Waals surface area contributed by atoms with Crippen LogP contribution in [0.1, 0.15) is 45.9 Å². The molecule has 1 saturated heterocycles. The SMILES string of the molecule is CO[C@H]1[C@H](NC(=O)c2ccsc2)c2ccccc2C12CCN(Cc1cccc(F)c1F)CC2. The zero-order valence-corrected chi connectivity index (χ0v) is 19.2. The molecule has 5 rings (SSSR count). The number of carbonyl (C=O) groups excluding carboxylic acids is 1. The summed E-state index contributed by atoms with van der Waals surface area (Å²) in [5, 5.41) is 6.95. The molecule has 2 heterocycles. The average molecular weight is 469 g/mol. The van der Waals surface area contributed by atoms with E-state index in [4.69, 9.17) is 4.74 Å². The molecule has 2 aromatic carbocycles. The molecular weight excluding hydrogens is 442 g/mol. The highest BCUT2D eigenvalue weighted by Gasteiger charge is 2.54. The minimum Gasteiger partial charge on any atom is -0.378 e. The summed E-state index contributed by atoms with van der Waals surface area (Å²) in [6, 6.07) is 14.2. The van der Waals surface area contributed by atoms with Crippen LogP contribution >= 0.6 is 11.3 Å². The molecule has 0 saturated carbocycles. The topological polar surface area (TPSA) is 41.6 Å². The molecular formula is C26H26F2N2O2S. The highest BCUT2D eigenvalue weighted by Crippen LogP contribution is 2.52. The third kappa shape index (κ3) is 3.88. The number of amides is 1. The molecule has 33 heavy (non-hydrogen) atoms. The number of nitrogens with zero attached hydrogens (tertiary/aromatic N) is 1. The Balaban J connectivity index is 1.38. The summed E-state index contributed by atoms with van der Waals surface area (Å²) in [6.45, 7) is 1.84. The first-order valence-electron chi connectivity index (χ1n) is 11.1. The largest absolute Gasteiger partial charge is 0.378 e. The fourth-order valence-electron chi connectivity index (χ4n) is 5.57. The number of hydrogen-bond acceptors (Lipinski definition) is 4. The highest BCUT2D eigenvalue weighted by atomic mass is 32.1. The van der Waals surface area contributed by atoms with Crippen molar-refractivity contribution >= 4 is 17.2 Å². The second-order valence-electron chi connectivity index (χ2n) is 8.85. The number of hydrogen-bond donors (Lipinski definition) is 1. The molecule has 4 nitrogen and oxygen atoms in total. The number of carbonyl (C=O) groups is 1. The first-order chi connectivity index (χ1) is 16.0. The minimum atomic E-state index is -0.811. The van der Waals surface area contributed by atoms with Crippen LogP contribution in [0.5, 0.6) is 0 Å². The highest BCUT2D eigenvalue weighted by molar-refractivity contribution is 7.08. The quantitative estimate of drug-likeness (QED) is 0.569. The van der Waals surface area contributed by atoms with Crippen LogP contribution in [0, 0.1) is 11.6 Å². The maximum absolute atomic E-state index is 14.2. The summed E-state index contributed by atoms with van der Waals surface area (Å²) in [7, 11) is 1.70. The summed E-state index contributed by atoms with van der Waals surface area (Å²) < 4.78 is 33.9. The van der Waals surface area contributed by atoms with Gasteiger partial charge in [-0.1, -0.05) is 36.4 Å². The third-order valence-corrected chi connectivity index (χ3v) is 7.86. The van der Waals surface area contributed by atoms with Gasteiger partial charge in [0, 0.05) is 30.0 Å². The van der Waals surface area contributed by atoms with Gasteiger partial charge in [0.25, 0.3) is 5.91 Å². The summed E-state index contributed by atoms with van der Waals surface area (Å²) in [6.07, 6.45) is 1.42. The normalized spacial score (nSPS) is 21.8. The number of fused-ring (bicyclic) bond motifs is 2. The Bertz CT molecular complexity index is 1140. The van der Waals surface area contributed by atoms with Gasteiger partial charge in [0.15, 0.2) is 11.6 Å². The van der Waals surface area contributed by atoms with Crippen LogP contribution in [-0.4, -0.2) is 37.1 Å². The lowest BCUT2D eigenvalue weighted by Crippen LogP contribution is -2.50. The lowest BCUT2D eigenvalue weighted by molar-refractivity contribution is -0.0123. The molecule has 7 heteroatoms. The molecule has 0 unspecified atom stereocenters. The number of likely N-dealkylation sites (tertiary alicyclic amines) is 1. The summed E-state index contributed by atoms with van der Waals surface area (Å²) in [4.78, 5) is 15.0. The summed E-state index contributed by atoms with van der Waals surface area (Å²) in [5.74, 6) is -1.68. The number of rotatable bonds is 5. The smallest absolute Gasteiger partial charge is 0.252 e. The molecule has 1 aliphatic heterocycles. The summed E-state index contributed by atoms with van der Waals surface area (Å²) in [5.41, 5.74) is 3.10. The van der Waals surface area contributed by atoms with Gasteiger partial charge in [-0.15, -0.1) is 0 Å². The number of piperidine rings is 1. The lowest BCUT2D eigenvalue weighted by atomic mass is 9.71. The molecule has 3 aromatic rings. The Hall–Kier alpha value is -2.61. The molecule has 0 bridgehead atoms. The third-order valence-electron chi connectivity index (χ3n) is 7.18. The lowest BCUT2D eigenvalue weighted by Gasteiger charge is -2.44. The van der Waals surface area contributed by atoms with Gasteiger partial charge in [0.05, 0.1) is 17.7 Å². The van der Waals surface area contributed by atoms with E-state index in [-0.39, 0.29) is 23.5 Å². The molecule has 1 amide bonds. The molecule has 0 radical (unpaired) electrons. The van der Waals surface area contributed by atoms with E-state index in [9.17, 15) is 13.6 Å². The molecule has 1 aromatic heterocycles. The molecule has 1 spiro atoms. The number of ether oxygens (including phenoxy) is 1. The zero-order chi connectivity index (χ0) is 23.0. The minimum absolute atomic E-state index is 0.103. The Morgan fingerprint density at radius 2 is 1.94 bits per heavy atom. The van der Waals surface area contributed by atoms with Gasteiger partial charge in [-0.2, -0.15) is 11.3 Å². The van der Waals surface area contributed by atoms with Crippen molar-refractivity contribution in [3.05, 3.63) is 93.2 Å². The van der Waals surface area contributed by atoms with E-state index in [2.05, 4.69) is 22.3 Å². The Morgan fingerprint density at radius 1 is 1.15 bits per heavy atom. The predicted molar refractivity (Wildman–Crippen MR) is 124 cm³/mol. The Kier molecular flexibility index (Phi) is 6.03. The van der Waals surface area contributed by atoms with Crippen molar-refractivity contribution in [2.45, 2.75) is 36.9 Å². The van der Waals surface area contributed by atoms with Gasteiger partial charge in [0.2, 0.25) is 0 Å². The fourth-order valence-corrected chi connectivity index (χ4v) is 6.20. The van der Waals surface area contributed by atoms with E-state index >= 15 is 0 Å². The Morgan fingerprint density at radius 3 is 2.67 bits per heavy atom. The first-order valence-corrected chi connectivity index (χ1v) is 12.1. The van der Waals surface area contributed by atoms with Crippen LogP contribution in [0.4, 0.5) is 8.78 Å². The molecule has 2 aliphatic rings. The first kappa shape index (κ1) is 22.2. The van der Waals surface area contributed by atoms with Gasteiger partial charge < -0.3 is 10.1 Å². The van der Waals surface area contributed by atoms with Gasteiger partial charge in [-0.05, 0) is 54.6 Å². The van der Waals surface area contributed by atoms with Crippen LogP contribution < -0.4 is 5.32 Å². The van der Waals surface area contributed by atoms with E-state index in [1.165, 1.54) is 16.9 Å². The van der Waals surface area contributed by atoms with Gasteiger partial charge in [-0.3, -0.25) is 9.69 Å². The van der Waals surface area contributed by atoms with E-state index in [0.717, 1.165) is 37.6 Å². The predicted octanol–water partition coefficient (Wildman–Crippen LogP) is 5.06. The fraction of sp³-hybridized carbons (Fsp3) is 0.346. The second kappa shape index (κ2) is 8.97. The summed E-state index contributed by atoms with van der Waals surface area (Å²) >= 11 is 1.49. The number of halogens is 2. The monoisotopic (exact) mass is 468 g/mol. The van der Waals surface area contributed by atoms with Crippen molar-refractivity contribution in [3.8, 4) is 0 Å². The van der Waals surface area contributed by atoms with E-state index in [1.54, 1.807) is 19.2 Å². The molecule has 1 aliphatic carbocycles. The Labute approximate surface area is 196 Å². The number of methoxy groups -OCH3 is 1. The maximum atomic E-state index is 14.2. The van der Waals surface area contributed by atoms with Gasteiger partial charge in [0.1, 0.15) is 0 Å². The van der Waals surface area contributed by atoms with E-state index < -0.39 is 11.6 Å². The zero-order valence-electron chi connectivity index (χ0n) is 18.4. The van der Waals surface area contributed by atoms with Crippen LogP contribution in [0.3, 0.4) is 0 Å². The van der Waals surface area contributed by atoms with Gasteiger partial charge >= 0.3 is 0 Å². The van der Waals surface area contributed by atoms with Crippen LogP contribution in [0.25, 0.3) is 0 Å². The van der Waals surface area contributed by atoms with Crippen LogP contribution in [0.15, 0.2) is 59.3 Å². The number of nitrogens with one attached hydrogen (secondary N) is 1. The molecule has 1 fully saturated rings.